The van der Waals surface area contributed by atoms with Gasteiger partial charge in [0.1, 0.15) is 0 Å². The maximum Gasteiger partial charge on any atom is 0.00808 e. The van der Waals surface area contributed by atoms with Crippen LogP contribution in [0.15, 0.2) is 30.3 Å². The molecule has 3 rings (SSSR count). The largest absolute Gasteiger partial charge is 0.317 e. The second-order valence-corrected chi connectivity index (χ2v) is 6.54. The quantitative estimate of drug-likeness (QED) is 0.873. The van der Waals surface area contributed by atoms with Crippen molar-refractivity contribution in [3.05, 3.63) is 35.9 Å². The van der Waals surface area contributed by atoms with E-state index in [1.807, 2.05) is 0 Å². The van der Waals surface area contributed by atoms with Crippen LogP contribution in [0, 0.1) is 5.92 Å². The molecule has 104 valence electrons. The monoisotopic (exact) mass is 258 g/mol. The summed E-state index contributed by atoms with van der Waals surface area (Å²) in [6, 6.07) is 11.1. The molecule has 2 nitrogen and oxygen atoms in total. The first-order chi connectivity index (χ1) is 9.28. The lowest BCUT2D eigenvalue weighted by atomic mass is 9.93. The fourth-order valence-electron chi connectivity index (χ4n) is 3.57. The molecule has 1 aromatic rings. The summed E-state index contributed by atoms with van der Waals surface area (Å²) in [5.74, 6) is 0.901. The van der Waals surface area contributed by atoms with Gasteiger partial charge in [-0.3, -0.25) is 0 Å². The molecule has 0 radical (unpaired) electrons. The van der Waals surface area contributed by atoms with Crippen molar-refractivity contribution in [1.82, 2.24) is 10.2 Å². The molecule has 1 saturated carbocycles. The summed E-state index contributed by atoms with van der Waals surface area (Å²) in [4.78, 5) is 2.58. The van der Waals surface area contributed by atoms with Crippen LogP contribution in [-0.4, -0.2) is 38.1 Å². The molecule has 1 heterocycles. The summed E-state index contributed by atoms with van der Waals surface area (Å²) in [5, 5.41) is 3.46. The molecule has 0 aromatic heterocycles. The van der Waals surface area contributed by atoms with E-state index in [1.165, 1.54) is 51.9 Å². The van der Waals surface area contributed by atoms with Gasteiger partial charge in [-0.15, -0.1) is 0 Å². The minimum absolute atomic E-state index is 0.475. The summed E-state index contributed by atoms with van der Waals surface area (Å²) in [6.07, 6.45) is 5.44. The van der Waals surface area contributed by atoms with Crippen LogP contribution < -0.4 is 5.32 Å². The fourth-order valence-corrected chi connectivity index (χ4v) is 3.57. The minimum atomic E-state index is 0.475. The van der Waals surface area contributed by atoms with Crippen molar-refractivity contribution in [3.8, 4) is 0 Å². The molecule has 0 spiro atoms. The van der Waals surface area contributed by atoms with Gasteiger partial charge in [0.15, 0.2) is 0 Å². The first-order valence-electron chi connectivity index (χ1n) is 7.73. The number of hydrogen-bond donors (Lipinski definition) is 1. The van der Waals surface area contributed by atoms with Crippen molar-refractivity contribution in [3.63, 3.8) is 0 Å². The molecule has 2 heteroatoms. The van der Waals surface area contributed by atoms with E-state index in [0.717, 1.165) is 5.92 Å². The predicted octanol–water partition coefficient (Wildman–Crippen LogP) is 2.65. The molecule has 1 aliphatic heterocycles. The van der Waals surface area contributed by atoms with Crippen molar-refractivity contribution in [2.75, 3.05) is 33.2 Å². The third-order valence-electron chi connectivity index (χ3n) is 4.84. The third-order valence-corrected chi connectivity index (χ3v) is 4.84. The number of rotatable bonds is 5. The highest BCUT2D eigenvalue weighted by Crippen LogP contribution is 2.48. The van der Waals surface area contributed by atoms with E-state index < -0.39 is 0 Å². The van der Waals surface area contributed by atoms with Crippen LogP contribution in [0.25, 0.3) is 0 Å². The lowest BCUT2D eigenvalue weighted by molar-refractivity contribution is 0.225. The maximum absolute atomic E-state index is 3.46. The van der Waals surface area contributed by atoms with E-state index in [1.54, 1.807) is 5.56 Å². The van der Waals surface area contributed by atoms with Gasteiger partial charge in [-0.25, -0.2) is 0 Å². The summed E-state index contributed by atoms with van der Waals surface area (Å²) in [5.41, 5.74) is 2.02. The highest BCUT2D eigenvalue weighted by molar-refractivity contribution is 5.31. The summed E-state index contributed by atoms with van der Waals surface area (Å²) in [7, 11) is 2.31. The highest BCUT2D eigenvalue weighted by atomic mass is 15.1. The van der Waals surface area contributed by atoms with Crippen LogP contribution in [-0.2, 0) is 5.41 Å². The zero-order valence-electron chi connectivity index (χ0n) is 12.1. The first-order valence-corrected chi connectivity index (χ1v) is 7.73. The molecule has 19 heavy (non-hydrogen) atoms. The van der Waals surface area contributed by atoms with E-state index in [0.29, 0.717) is 5.41 Å². The van der Waals surface area contributed by atoms with Crippen molar-refractivity contribution < 1.29 is 0 Å². The Morgan fingerprint density at radius 2 is 1.84 bits per heavy atom. The second kappa shape index (κ2) is 5.64. The molecule has 2 fully saturated rings. The van der Waals surface area contributed by atoms with Gasteiger partial charge in [0.2, 0.25) is 0 Å². The van der Waals surface area contributed by atoms with E-state index in [4.69, 9.17) is 0 Å². The zero-order chi connectivity index (χ0) is 13.1. The van der Waals surface area contributed by atoms with Gasteiger partial charge in [0.25, 0.3) is 0 Å². The summed E-state index contributed by atoms with van der Waals surface area (Å²) in [6.45, 7) is 4.93. The van der Waals surface area contributed by atoms with E-state index in [2.05, 4.69) is 47.6 Å². The minimum Gasteiger partial charge on any atom is -0.317 e. The molecule has 1 saturated heterocycles. The first kappa shape index (κ1) is 13.1. The van der Waals surface area contributed by atoms with Gasteiger partial charge in [-0.05, 0) is 57.3 Å². The SMILES string of the molecule is CN(CC1CCNCC1)CC1(c2ccccc2)CC1. The number of benzene rings is 1. The van der Waals surface area contributed by atoms with Crippen molar-refractivity contribution in [1.29, 1.82) is 0 Å². The molecular formula is C17H26N2. The fraction of sp³-hybridized carbons (Fsp3) is 0.647. The number of piperidine rings is 1. The Bertz CT molecular complexity index is 391. The van der Waals surface area contributed by atoms with E-state index in [-0.39, 0.29) is 0 Å². The molecule has 0 amide bonds. The van der Waals surface area contributed by atoms with Crippen molar-refractivity contribution >= 4 is 0 Å². The average molecular weight is 258 g/mol. The number of hydrogen-bond acceptors (Lipinski definition) is 2. The maximum atomic E-state index is 3.46. The highest BCUT2D eigenvalue weighted by Gasteiger charge is 2.44. The molecule has 1 aromatic carbocycles. The summed E-state index contributed by atoms with van der Waals surface area (Å²) >= 11 is 0. The van der Waals surface area contributed by atoms with Crippen LogP contribution in [0.4, 0.5) is 0 Å². The Kier molecular flexibility index (Phi) is 3.90. The summed E-state index contributed by atoms with van der Waals surface area (Å²) < 4.78 is 0. The Morgan fingerprint density at radius 1 is 1.16 bits per heavy atom. The van der Waals surface area contributed by atoms with Gasteiger partial charge < -0.3 is 10.2 Å². The van der Waals surface area contributed by atoms with Crippen LogP contribution in [0.1, 0.15) is 31.2 Å². The van der Waals surface area contributed by atoms with E-state index >= 15 is 0 Å². The lowest BCUT2D eigenvalue weighted by Gasteiger charge is -2.30. The topological polar surface area (TPSA) is 15.3 Å². The van der Waals surface area contributed by atoms with Gasteiger partial charge in [0, 0.05) is 18.5 Å². The van der Waals surface area contributed by atoms with Gasteiger partial charge in [-0.2, -0.15) is 0 Å². The molecular weight excluding hydrogens is 232 g/mol. The Labute approximate surface area is 117 Å². The molecule has 2 aliphatic rings. The van der Waals surface area contributed by atoms with E-state index in [9.17, 15) is 0 Å². The molecule has 0 bridgehead atoms. The standard InChI is InChI=1S/C17H26N2/c1-19(13-15-7-11-18-12-8-15)14-17(9-10-17)16-5-3-2-4-6-16/h2-6,15,18H,7-14H2,1H3. The van der Waals surface area contributed by atoms with Crippen LogP contribution in [0.5, 0.6) is 0 Å². The van der Waals surface area contributed by atoms with Gasteiger partial charge >= 0.3 is 0 Å². The Morgan fingerprint density at radius 3 is 2.47 bits per heavy atom. The lowest BCUT2D eigenvalue weighted by Crippen LogP contribution is -2.37. The number of nitrogens with zero attached hydrogens (tertiary/aromatic N) is 1. The van der Waals surface area contributed by atoms with Crippen LogP contribution in [0.2, 0.25) is 0 Å². The van der Waals surface area contributed by atoms with Gasteiger partial charge in [0.05, 0.1) is 0 Å². The number of nitrogens with one attached hydrogen (secondary N) is 1. The number of likely N-dealkylation sites (N-methyl/N-ethyl adjacent to an activating group) is 1. The molecule has 0 unspecified atom stereocenters. The van der Waals surface area contributed by atoms with Crippen molar-refractivity contribution in [2.45, 2.75) is 31.1 Å². The molecule has 1 aliphatic carbocycles. The smallest absolute Gasteiger partial charge is 0.00808 e. The van der Waals surface area contributed by atoms with Crippen LogP contribution >= 0.6 is 0 Å². The Balaban J connectivity index is 1.55. The second-order valence-electron chi connectivity index (χ2n) is 6.54. The Hall–Kier alpha value is -0.860. The third kappa shape index (κ3) is 3.18. The normalized spacial score (nSPS) is 22.6. The predicted molar refractivity (Wildman–Crippen MR) is 80.4 cm³/mol. The molecule has 0 atom stereocenters. The molecule has 1 N–H and O–H groups in total. The zero-order valence-corrected chi connectivity index (χ0v) is 12.1. The van der Waals surface area contributed by atoms with Gasteiger partial charge in [-0.1, -0.05) is 30.3 Å². The average Bonchev–Trinajstić information content (AvgIpc) is 3.21. The van der Waals surface area contributed by atoms with Crippen LogP contribution in [0.3, 0.4) is 0 Å². The van der Waals surface area contributed by atoms with Crippen molar-refractivity contribution in [2.24, 2.45) is 5.92 Å².